The number of ether oxygens (including phenoxy) is 1. The number of halogens is 3. The first-order valence-corrected chi connectivity index (χ1v) is 9.08. The smallest absolute Gasteiger partial charge is 0.262 e. The lowest BCUT2D eigenvalue weighted by atomic mass is 10.2. The molecule has 2 aromatic rings. The van der Waals surface area contributed by atoms with Crippen LogP contribution >= 0.6 is 34.8 Å². The number of carbonyl (C=O) groups excluding carboxylic acids is 1. The fraction of sp³-hybridized carbons (Fsp3) is 0.278. The van der Waals surface area contributed by atoms with E-state index in [0.29, 0.717) is 26.5 Å². The molecule has 0 aliphatic carbocycles. The quantitative estimate of drug-likeness (QED) is 0.745. The standard InChI is InChI=1S/C18H17Cl3N2O2/c19-12-3-6-17(15(21)9-12)25-11-18(24)22-13-4-5-16(14(20)10-13)23-7-1-2-8-23/h3-6,9-10H,1-2,7-8,11H2,(H,22,24). The molecule has 0 aromatic heterocycles. The van der Waals surface area contributed by atoms with Crippen molar-refractivity contribution in [3.63, 3.8) is 0 Å². The van der Waals surface area contributed by atoms with Crippen LogP contribution in [0.2, 0.25) is 15.1 Å². The van der Waals surface area contributed by atoms with Crippen LogP contribution in [-0.4, -0.2) is 25.6 Å². The van der Waals surface area contributed by atoms with Gasteiger partial charge < -0.3 is 15.0 Å². The normalized spacial score (nSPS) is 13.8. The minimum absolute atomic E-state index is 0.160. The van der Waals surface area contributed by atoms with E-state index in [4.69, 9.17) is 39.5 Å². The van der Waals surface area contributed by atoms with Crippen LogP contribution in [0.15, 0.2) is 36.4 Å². The van der Waals surface area contributed by atoms with Crippen molar-refractivity contribution in [2.24, 2.45) is 0 Å². The van der Waals surface area contributed by atoms with Gasteiger partial charge in [0.1, 0.15) is 5.75 Å². The molecule has 0 spiro atoms. The summed E-state index contributed by atoms with van der Waals surface area (Å²) in [5.74, 6) is 0.111. The highest BCUT2D eigenvalue weighted by molar-refractivity contribution is 6.35. The van der Waals surface area contributed by atoms with Crippen molar-refractivity contribution in [1.82, 2.24) is 0 Å². The molecule has 0 radical (unpaired) electrons. The van der Waals surface area contributed by atoms with E-state index in [-0.39, 0.29) is 12.5 Å². The maximum atomic E-state index is 12.1. The summed E-state index contributed by atoms with van der Waals surface area (Å²) in [6, 6.07) is 10.4. The Bertz CT molecular complexity index is 777. The molecule has 1 N–H and O–H groups in total. The highest BCUT2D eigenvalue weighted by atomic mass is 35.5. The molecule has 7 heteroatoms. The number of hydrogen-bond acceptors (Lipinski definition) is 3. The first kappa shape index (κ1) is 18.2. The monoisotopic (exact) mass is 398 g/mol. The minimum Gasteiger partial charge on any atom is -0.482 e. The molecule has 4 nitrogen and oxygen atoms in total. The van der Waals surface area contributed by atoms with Gasteiger partial charge in [0.15, 0.2) is 6.61 Å². The van der Waals surface area contributed by atoms with Crippen LogP contribution in [0.1, 0.15) is 12.8 Å². The number of rotatable bonds is 5. The Kier molecular flexibility index (Phi) is 5.94. The number of benzene rings is 2. The molecule has 0 unspecified atom stereocenters. The van der Waals surface area contributed by atoms with Crippen molar-refractivity contribution >= 4 is 52.1 Å². The van der Waals surface area contributed by atoms with Gasteiger partial charge >= 0.3 is 0 Å². The molecule has 0 atom stereocenters. The fourth-order valence-corrected chi connectivity index (χ4v) is 3.49. The highest BCUT2D eigenvalue weighted by Gasteiger charge is 2.16. The van der Waals surface area contributed by atoms with Crippen molar-refractivity contribution < 1.29 is 9.53 Å². The van der Waals surface area contributed by atoms with Crippen LogP contribution < -0.4 is 15.0 Å². The zero-order valence-corrected chi connectivity index (χ0v) is 15.7. The second kappa shape index (κ2) is 8.17. The van der Waals surface area contributed by atoms with Gasteiger partial charge in [-0.25, -0.2) is 0 Å². The van der Waals surface area contributed by atoms with Crippen molar-refractivity contribution in [2.75, 3.05) is 29.9 Å². The van der Waals surface area contributed by atoms with Gasteiger partial charge in [-0.2, -0.15) is 0 Å². The third-order valence-corrected chi connectivity index (χ3v) is 4.76. The van der Waals surface area contributed by atoms with Crippen molar-refractivity contribution in [3.8, 4) is 5.75 Å². The molecule has 1 fully saturated rings. The third-order valence-electron chi connectivity index (χ3n) is 3.93. The van der Waals surface area contributed by atoms with Crippen molar-refractivity contribution in [1.29, 1.82) is 0 Å². The molecular weight excluding hydrogens is 383 g/mol. The van der Waals surface area contributed by atoms with Crippen LogP contribution in [0.5, 0.6) is 5.75 Å². The summed E-state index contributed by atoms with van der Waals surface area (Å²) in [5, 5.41) is 4.26. The average molecular weight is 400 g/mol. The molecule has 2 aromatic carbocycles. The third kappa shape index (κ3) is 4.72. The average Bonchev–Trinajstić information content (AvgIpc) is 3.08. The highest BCUT2D eigenvalue weighted by Crippen LogP contribution is 2.31. The molecule has 3 rings (SSSR count). The molecule has 1 amide bonds. The van der Waals surface area contributed by atoms with Gasteiger partial charge in [0, 0.05) is 23.8 Å². The molecule has 25 heavy (non-hydrogen) atoms. The van der Waals surface area contributed by atoms with Crippen molar-refractivity contribution in [3.05, 3.63) is 51.5 Å². The van der Waals surface area contributed by atoms with E-state index in [0.717, 1.165) is 18.8 Å². The molecule has 0 bridgehead atoms. The molecule has 0 saturated carbocycles. The van der Waals surface area contributed by atoms with E-state index in [1.165, 1.54) is 12.8 Å². The Morgan fingerprint density at radius 2 is 1.80 bits per heavy atom. The van der Waals surface area contributed by atoms with Gasteiger partial charge in [0.2, 0.25) is 0 Å². The lowest BCUT2D eigenvalue weighted by Crippen LogP contribution is -2.21. The maximum Gasteiger partial charge on any atom is 0.262 e. The zero-order chi connectivity index (χ0) is 17.8. The molecule has 1 heterocycles. The molecule has 1 aliphatic rings. The van der Waals surface area contributed by atoms with Crippen molar-refractivity contribution in [2.45, 2.75) is 12.8 Å². The van der Waals surface area contributed by atoms with Gasteiger partial charge in [-0.1, -0.05) is 34.8 Å². The molecule has 132 valence electrons. The van der Waals surface area contributed by atoms with Gasteiger partial charge in [-0.15, -0.1) is 0 Å². The van der Waals surface area contributed by atoms with E-state index >= 15 is 0 Å². The first-order valence-electron chi connectivity index (χ1n) is 7.95. The summed E-state index contributed by atoms with van der Waals surface area (Å²) in [4.78, 5) is 14.3. The van der Waals surface area contributed by atoms with Crippen LogP contribution in [0.3, 0.4) is 0 Å². The number of carbonyl (C=O) groups is 1. The van der Waals surface area contributed by atoms with E-state index < -0.39 is 0 Å². The summed E-state index contributed by atoms with van der Waals surface area (Å²) in [5.41, 5.74) is 1.63. The number of nitrogens with one attached hydrogen (secondary N) is 1. The Morgan fingerprint density at radius 1 is 1.04 bits per heavy atom. The summed E-state index contributed by atoms with van der Waals surface area (Å²) in [7, 11) is 0. The zero-order valence-electron chi connectivity index (χ0n) is 13.4. The number of amides is 1. The Balaban J connectivity index is 1.58. The summed E-state index contributed by atoms with van der Waals surface area (Å²) in [6.07, 6.45) is 2.36. The molecule has 1 aliphatic heterocycles. The molecular formula is C18H17Cl3N2O2. The fourth-order valence-electron chi connectivity index (χ4n) is 2.73. The SMILES string of the molecule is O=C(COc1ccc(Cl)cc1Cl)Nc1ccc(N2CCCC2)c(Cl)c1. The molecule has 1 saturated heterocycles. The maximum absolute atomic E-state index is 12.1. The van der Waals surface area contributed by atoms with Gasteiger partial charge in [-0.05, 0) is 49.2 Å². The predicted molar refractivity (Wildman–Crippen MR) is 103 cm³/mol. The van der Waals surface area contributed by atoms with E-state index in [1.54, 1.807) is 24.3 Å². The first-order chi connectivity index (χ1) is 12.0. The van der Waals surface area contributed by atoms with E-state index in [2.05, 4.69) is 10.2 Å². The predicted octanol–water partition coefficient (Wildman–Crippen LogP) is 5.26. The Morgan fingerprint density at radius 3 is 2.48 bits per heavy atom. The van der Waals surface area contributed by atoms with Gasteiger partial charge in [0.05, 0.1) is 15.7 Å². The summed E-state index contributed by atoms with van der Waals surface area (Å²) >= 11 is 18.2. The summed E-state index contributed by atoms with van der Waals surface area (Å²) < 4.78 is 5.42. The number of hydrogen-bond donors (Lipinski definition) is 1. The van der Waals surface area contributed by atoms with Crippen LogP contribution in [-0.2, 0) is 4.79 Å². The van der Waals surface area contributed by atoms with Gasteiger partial charge in [0.25, 0.3) is 5.91 Å². The number of nitrogens with zero attached hydrogens (tertiary/aromatic N) is 1. The summed E-state index contributed by atoms with van der Waals surface area (Å²) in [6.45, 7) is 1.87. The van der Waals surface area contributed by atoms with Crippen LogP contribution in [0.25, 0.3) is 0 Å². The Hall–Kier alpha value is -1.62. The second-order valence-corrected chi connectivity index (χ2v) is 7.02. The topological polar surface area (TPSA) is 41.6 Å². The second-order valence-electron chi connectivity index (χ2n) is 5.77. The van der Waals surface area contributed by atoms with Crippen LogP contribution in [0.4, 0.5) is 11.4 Å². The Labute approximate surface area is 161 Å². The van der Waals surface area contributed by atoms with Crippen LogP contribution in [0, 0.1) is 0 Å². The lowest BCUT2D eigenvalue weighted by Gasteiger charge is -2.19. The minimum atomic E-state index is -0.295. The largest absolute Gasteiger partial charge is 0.482 e. The van der Waals surface area contributed by atoms with E-state index in [9.17, 15) is 4.79 Å². The van der Waals surface area contributed by atoms with Gasteiger partial charge in [-0.3, -0.25) is 4.79 Å². The van der Waals surface area contributed by atoms with E-state index in [1.807, 2.05) is 12.1 Å². The number of anilines is 2. The lowest BCUT2D eigenvalue weighted by molar-refractivity contribution is -0.118.